The molecule has 0 unspecified atom stereocenters. The number of nitrogens with zero attached hydrogens (tertiary/aromatic N) is 3. The molecule has 2 aromatic rings. The van der Waals surface area contributed by atoms with Gasteiger partial charge < -0.3 is 15.4 Å². The zero-order valence-corrected chi connectivity index (χ0v) is 14.3. The SMILES string of the molecule is COC(=O)c1cc(NC(=O)c2cn(C3CCNCC3)nn2)ccc1C. The van der Waals surface area contributed by atoms with Gasteiger partial charge in [0.05, 0.1) is 24.9 Å². The molecular weight excluding hydrogens is 322 g/mol. The van der Waals surface area contributed by atoms with Gasteiger partial charge >= 0.3 is 5.97 Å². The second-order valence-corrected chi connectivity index (χ2v) is 6.04. The van der Waals surface area contributed by atoms with E-state index in [1.807, 2.05) is 6.92 Å². The molecule has 25 heavy (non-hydrogen) atoms. The van der Waals surface area contributed by atoms with Gasteiger partial charge in [-0.1, -0.05) is 11.3 Å². The number of aromatic nitrogens is 3. The molecule has 0 aliphatic carbocycles. The van der Waals surface area contributed by atoms with Crippen molar-refractivity contribution in [2.24, 2.45) is 0 Å². The number of carbonyl (C=O) groups is 2. The van der Waals surface area contributed by atoms with Gasteiger partial charge in [0.1, 0.15) is 0 Å². The number of hydrogen-bond acceptors (Lipinski definition) is 6. The van der Waals surface area contributed by atoms with Crippen molar-refractivity contribution in [3.8, 4) is 0 Å². The first-order valence-corrected chi connectivity index (χ1v) is 8.21. The molecule has 8 nitrogen and oxygen atoms in total. The normalized spacial score (nSPS) is 15.0. The van der Waals surface area contributed by atoms with Crippen molar-refractivity contribution < 1.29 is 14.3 Å². The molecule has 1 saturated heterocycles. The summed E-state index contributed by atoms with van der Waals surface area (Å²) in [5.41, 5.74) is 1.95. The van der Waals surface area contributed by atoms with E-state index in [1.54, 1.807) is 29.1 Å². The number of rotatable bonds is 4. The summed E-state index contributed by atoms with van der Waals surface area (Å²) in [6.07, 6.45) is 3.59. The summed E-state index contributed by atoms with van der Waals surface area (Å²) >= 11 is 0. The molecule has 2 heterocycles. The average molecular weight is 343 g/mol. The van der Waals surface area contributed by atoms with Crippen molar-refractivity contribution in [1.82, 2.24) is 20.3 Å². The maximum atomic E-state index is 12.4. The third-order valence-electron chi connectivity index (χ3n) is 4.33. The van der Waals surface area contributed by atoms with Gasteiger partial charge in [-0.25, -0.2) is 9.48 Å². The summed E-state index contributed by atoms with van der Waals surface area (Å²) in [5.74, 6) is -0.801. The first-order valence-electron chi connectivity index (χ1n) is 8.21. The van der Waals surface area contributed by atoms with Crippen LogP contribution in [0.2, 0.25) is 0 Å². The number of carbonyl (C=O) groups excluding carboxylic acids is 2. The summed E-state index contributed by atoms with van der Waals surface area (Å²) in [5, 5.41) is 14.1. The molecule has 1 amide bonds. The zero-order valence-electron chi connectivity index (χ0n) is 14.3. The number of benzene rings is 1. The molecular formula is C17H21N5O3. The average Bonchev–Trinajstić information content (AvgIpc) is 3.14. The minimum Gasteiger partial charge on any atom is -0.465 e. The molecule has 2 N–H and O–H groups in total. The molecule has 0 spiro atoms. The summed E-state index contributed by atoms with van der Waals surface area (Å²) in [6, 6.07) is 5.35. The first kappa shape index (κ1) is 17.1. The Morgan fingerprint density at radius 3 is 2.80 bits per heavy atom. The molecule has 1 aromatic carbocycles. The van der Waals surface area contributed by atoms with E-state index < -0.39 is 5.97 Å². The Labute approximate surface area is 145 Å². The number of hydrogen-bond donors (Lipinski definition) is 2. The van der Waals surface area contributed by atoms with E-state index >= 15 is 0 Å². The Hall–Kier alpha value is -2.74. The van der Waals surface area contributed by atoms with Gasteiger partial charge in [-0.05, 0) is 50.6 Å². The standard InChI is InChI=1S/C17H21N5O3/c1-11-3-4-12(9-14(11)17(24)25-2)19-16(23)15-10-22(21-20-15)13-5-7-18-8-6-13/h3-4,9-10,13,18H,5-8H2,1-2H3,(H,19,23). The van der Waals surface area contributed by atoms with Crippen LogP contribution in [0, 0.1) is 6.92 Å². The largest absolute Gasteiger partial charge is 0.465 e. The minimum absolute atomic E-state index is 0.249. The van der Waals surface area contributed by atoms with E-state index in [0.717, 1.165) is 31.5 Å². The smallest absolute Gasteiger partial charge is 0.338 e. The summed E-state index contributed by atoms with van der Waals surface area (Å²) < 4.78 is 6.50. The lowest BCUT2D eigenvalue weighted by atomic mass is 10.1. The van der Waals surface area contributed by atoms with Gasteiger partial charge in [0.15, 0.2) is 5.69 Å². The van der Waals surface area contributed by atoms with Crippen LogP contribution in [0.4, 0.5) is 5.69 Å². The van der Waals surface area contributed by atoms with E-state index in [9.17, 15) is 9.59 Å². The van der Waals surface area contributed by atoms with Gasteiger partial charge in [0.25, 0.3) is 5.91 Å². The number of piperidine rings is 1. The van der Waals surface area contributed by atoms with Crippen molar-refractivity contribution >= 4 is 17.6 Å². The van der Waals surface area contributed by atoms with Crippen LogP contribution in [0.3, 0.4) is 0 Å². The minimum atomic E-state index is -0.439. The lowest BCUT2D eigenvalue weighted by molar-refractivity contribution is 0.0599. The molecule has 0 radical (unpaired) electrons. The van der Waals surface area contributed by atoms with E-state index in [4.69, 9.17) is 4.74 Å². The van der Waals surface area contributed by atoms with Crippen LogP contribution in [0.25, 0.3) is 0 Å². The maximum absolute atomic E-state index is 12.4. The molecule has 1 aliphatic rings. The van der Waals surface area contributed by atoms with E-state index in [0.29, 0.717) is 11.3 Å². The van der Waals surface area contributed by atoms with Gasteiger partial charge in [-0.3, -0.25) is 4.79 Å². The number of aryl methyl sites for hydroxylation is 1. The first-order chi connectivity index (χ1) is 12.1. The van der Waals surface area contributed by atoms with Crippen molar-refractivity contribution in [3.63, 3.8) is 0 Å². The fourth-order valence-electron chi connectivity index (χ4n) is 2.86. The topological polar surface area (TPSA) is 98.1 Å². The van der Waals surface area contributed by atoms with Gasteiger partial charge in [0.2, 0.25) is 0 Å². The highest BCUT2D eigenvalue weighted by Crippen LogP contribution is 2.19. The number of anilines is 1. The van der Waals surface area contributed by atoms with Gasteiger partial charge in [-0.15, -0.1) is 5.10 Å². The van der Waals surface area contributed by atoms with Crippen LogP contribution in [-0.2, 0) is 4.74 Å². The highest BCUT2D eigenvalue weighted by molar-refractivity contribution is 6.03. The Morgan fingerprint density at radius 2 is 2.08 bits per heavy atom. The predicted molar refractivity (Wildman–Crippen MR) is 91.6 cm³/mol. The summed E-state index contributed by atoms with van der Waals surface area (Å²) in [7, 11) is 1.33. The fraction of sp³-hybridized carbons (Fsp3) is 0.412. The maximum Gasteiger partial charge on any atom is 0.338 e. The highest BCUT2D eigenvalue weighted by Gasteiger charge is 2.19. The molecule has 0 bridgehead atoms. The van der Waals surface area contributed by atoms with Crippen LogP contribution in [0.1, 0.15) is 45.3 Å². The molecule has 1 aliphatic heterocycles. The van der Waals surface area contributed by atoms with Crippen LogP contribution >= 0.6 is 0 Å². The van der Waals surface area contributed by atoms with Crippen LogP contribution < -0.4 is 10.6 Å². The molecule has 132 valence electrons. The van der Waals surface area contributed by atoms with E-state index in [-0.39, 0.29) is 17.6 Å². The molecule has 1 fully saturated rings. The quantitative estimate of drug-likeness (QED) is 0.818. The zero-order chi connectivity index (χ0) is 17.8. The van der Waals surface area contributed by atoms with Crippen molar-refractivity contribution in [1.29, 1.82) is 0 Å². The molecule has 8 heteroatoms. The Balaban J connectivity index is 1.72. The Kier molecular flexibility index (Phi) is 5.08. The Morgan fingerprint density at radius 1 is 1.32 bits per heavy atom. The second kappa shape index (κ2) is 7.43. The summed E-state index contributed by atoms with van der Waals surface area (Å²) in [6.45, 7) is 3.68. The fourth-order valence-corrected chi connectivity index (χ4v) is 2.86. The third-order valence-corrected chi connectivity index (χ3v) is 4.33. The number of esters is 1. The number of methoxy groups -OCH3 is 1. The predicted octanol–water partition coefficient (Wildman–Crippen LogP) is 1.55. The van der Waals surface area contributed by atoms with Crippen LogP contribution in [0.5, 0.6) is 0 Å². The van der Waals surface area contributed by atoms with E-state index in [1.165, 1.54) is 7.11 Å². The third kappa shape index (κ3) is 3.85. The van der Waals surface area contributed by atoms with Crippen molar-refractivity contribution in [3.05, 3.63) is 41.2 Å². The van der Waals surface area contributed by atoms with Crippen LogP contribution in [-0.4, -0.2) is 47.1 Å². The van der Waals surface area contributed by atoms with Crippen LogP contribution in [0.15, 0.2) is 24.4 Å². The molecule has 1 aromatic heterocycles. The molecule has 0 atom stereocenters. The summed E-state index contributed by atoms with van der Waals surface area (Å²) in [4.78, 5) is 24.1. The number of ether oxygens (including phenoxy) is 1. The van der Waals surface area contributed by atoms with Gasteiger partial charge in [0, 0.05) is 5.69 Å². The van der Waals surface area contributed by atoms with Crippen molar-refractivity contribution in [2.75, 3.05) is 25.5 Å². The number of nitrogens with one attached hydrogen (secondary N) is 2. The van der Waals surface area contributed by atoms with E-state index in [2.05, 4.69) is 20.9 Å². The lowest BCUT2D eigenvalue weighted by Crippen LogP contribution is -2.29. The molecule has 0 saturated carbocycles. The Bertz CT molecular complexity index is 780. The lowest BCUT2D eigenvalue weighted by Gasteiger charge is -2.22. The van der Waals surface area contributed by atoms with Crippen molar-refractivity contribution in [2.45, 2.75) is 25.8 Å². The highest BCUT2D eigenvalue weighted by atomic mass is 16.5. The number of amides is 1. The monoisotopic (exact) mass is 343 g/mol. The molecule has 3 rings (SSSR count). The second-order valence-electron chi connectivity index (χ2n) is 6.04. The van der Waals surface area contributed by atoms with Gasteiger partial charge in [-0.2, -0.15) is 0 Å².